The van der Waals surface area contributed by atoms with E-state index in [1.54, 1.807) is 43.0 Å². The highest BCUT2D eigenvalue weighted by molar-refractivity contribution is 7.14. The number of amides is 1. The van der Waals surface area contributed by atoms with Gasteiger partial charge in [0, 0.05) is 17.1 Å². The van der Waals surface area contributed by atoms with Crippen LogP contribution in [0.2, 0.25) is 0 Å². The molecule has 1 saturated heterocycles. The van der Waals surface area contributed by atoms with E-state index in [1.165, 1.54) is 16.2 Å². The van der Waals surface area contributed by atoms with Crippen molar-refractivity contribution < 1.29 is 19.4 Å². The maximum atomic E-state index is 12.9. The van der Waals surface area contributed by atoms with Gasteiger partial charge in [-0.15, -0.1) is 11.3 Å². The highest BCUT2D eigenvalue weighted by Gasteiger charge is 2.47. The number of carbonyl (C=O) groups is 2. The lowest BCUT2D eigenvalue weighted by Gasteiger charge is -2.23. The number of benzene rings is 2. The molecule has 1 atom stereocenters. The summed E-state index contributed by atoms with van der Waals surface area (Å²) in [6.45, 7) is 1.96. The number of aryl methyl sites for hydroxylation is 1. The molecule has 0 radical (unpaired) electrons. The van der Waals surface area contributed by atoms with Gasteiger partial charge >= 0.3 is 5.91 Å². The summed E-state index contributed by atoms with van der Waals surface area (Å²) in [5.74, 6) is -1.05. The van der Waals surface area contributed by atoms with Crippen LogP contribution in [0.1, 0.15) is 22.7 Å². The zero-order valence-electron chi connectivity index (χ0n) is 15.8. The Bertz CT molecular complexity index is 1090. The number of thiazole rings is 1. The zero-order chi connectivity index (χ0) is 20.5. The maximum Gasteiger partial charge on any atom is 0.301 e. The third-order valence-electron chi connectivity index (χ3n) is 4.83. The van der Waals surface area contributed by atoms with Gasteiger partial charge in [0.1, 0.15) is 11.5 Å². The number of nitrogens with zero attached hydrogens (tertiary/aromatic N) is 2. The fourth-order valence-corrected chi connectivity index (χ4v) is 4.00. The minimum absolute atomic E-state index is 0.0409. The molecular weight excluding hydrogens is 388 g/mol. The number of carbonyl (C=O) groups excluding carboxylic acids is 2. The predicted octanol–water partition coefficient (Wildman–Crippen LogP) is 4.09. The van der Waals surface area contributed by atoms with E-state index in [2.05, 4.69) is 4.98 Å². The summed E-state index contributed by atoms with van der Waals surface area (Å²) in [5, 5.41) is 13.1. The van der Waals surface area contributed by atoms with Crippen molar-refractivity contribution in [3.63, 3.8) is 0 Å². The van der Waals surface area contributed by atoms with Gasteiger partial charge in [-0.05, 0) is 36.8 Å². The van der Waals surface area contributed by atoms with Crippen molar-refractivity contribution in [2.75, 3.05) is 12.0 Å². The average Bonchev–Trinajstić information content (AvgIpc) is 3.35. The third-order valence-corrected chi connectivity index (χ3v) is 5.60. The summed E-state index contributed by atoms with van der Waals surface area (Å²) < 4.78 is 5.15. The normalized spacial score (nSPS) is 18.3. The minimum Gasteiger partial charge on any atom is -0.507 e. The van der Waals surface area contributed by atoms with Crippen molar-refractivity contribution >= 4 is 33.9 Å². The van der Waals surface area contributed by atoms with Gasteiger partial charge in [-0.2, -0.15) is 0 Å². The van der Waals surface area contributed by atoms with Gasteiger partial charge < -0.3 is 9.84 Å². The zero-order valence-corrected chi connectivity index (χ0v) is 16.6. The monoisotopic (exact) mass is 406 g/mol. The standard InChI is InChI=1S/C22H18N2O4S/c1-13-3-5-14(6-4-13)18-17(19(25)15-7-9-16(28-2)10-8-15)20(26)21(27)24(18)22-23-11-12-29-22/h3-12,18,25H,1-2H3/b19-17+. The van der Waals surface area contributed by atoms with E-state index >= 15 is 0 Å². The van der Waals surface area contributed by atoms with Gasteiger partial charge in [0.05, 0.1) is 18.7 Å². The van der Waals surface area contributed by atoms with E-state index < -0.39 is 17.7 Å². The van der Waals surface area contributed by atoms with Gasteiger partial charge in [0.15, 0.2) is 5.13 Å². The Labute approximate surface area is 171 Å². The first kappa shape index (κ1) is 18.9. The second-order valence-electron chi connectivity index (χ2n) is 6.62. The van der Waals surface area contributed by atoms with Crippen LogP contribution in [0.25, 0.3) is 5.76 Å². The van der Waals surface area contributed by atoms with Crippen LogP contribution in [-0.2, 0) is 9.59 Å². The molecule has 1 amide bonds. The third kappa shape index (κ3) is 3.30. The molecule has 146 valence electrons. The smallest absolute Gasteiger partial charge is 0.301 e. The van der Waals surface area contributed by atoms with E-state index in [1.807, 2.05) is 31.2 Å². The maximum absolute atomic E-state index is 12.9. The number of Topliss-reactive ketones (excluding diaryl/α,β-unsaturated/α-hetero) is 1. The summed E-state index contributed by atoms with van der Waals surface area (Å²) in [6.07, 6.45) is 1.58. The number of anilines is 1. The van der Waals surface area contributed by atoms with Crippen molar-refractivity contribution in [3.8, 4) is 5.75 Å². The number of aliphatic hydroxyl groups is 1. The van der Waals surface area contributed by atoms with Crippen molar-refractivity contribution in [3.05, 3.63) is 82.4 Å². The summed E-state index contributed by atoms with van der Waals surface area (Å²) >= 11 is 1.26. The number of ketones is 1. The van der Waals surface area contributed by atoms with Crippen molar-refractivity contribution in [2.24, 2.45) is 0 Å². The highest BCUT2D eigenvalue weighted by Crippen LogP contribution is 2.42. The van der Waals surface area contributed by atoms with Crippen LogP contribution in [0.3, 0.4) is 0 Å². The molecule has 3 aromatic rings. The van der Waals surface area contributed by atoms with E-state index in [0.717, 1.165) is 11.1 Å². The second kappa shape index (κ2) is 7.52. The molecule has 29 heavy (non-hydrogen) atoms. The number of hydrogen-bond acceptors (Lipinski definition) is 6. The first-order chi connectivity index (χ1) is 14.0. The molecule has 0 bridgehead atoms. The SMILES string of the molecule is COc1ccc(/C(O)=C2\C(=O)C(=O)N(c3nccs3)C2c2ccc(C)cc2)cc1. The van der Waals surface area contributed by atoms with E-state index in [4.69, 9.17) is 4.74 Å². The van der Waals surface area contributed by atoms with Crippen LogP contribution in [0.15, 0.2) is 65.7 Å². The highest BCUT2D eigenvalue weighted by atomic mass is 32.1. The average molecular weight is 406 g/mol. The summed E-state index contributed by atoms with van der Waals surface area (Å²) in [4.78, 5) is 31.4. The fraction of sp³-hybridized carbons (Fsp3) is 0.136. The van der Waals surface area contributed by atoms with E-state index in [-0.39, 0.29) is 11.3 Å². The number of methoxy groups -OCH3 is 1. The molecule has 0 saturated carbocycles. The quantitative estimate of drug-likeness (QED) is 0.401. The van der Waals surface area contributed by atoms with Crippen LogP contribution in [-0.4, -0.2) is 28.9 Å². The Balaban J connectivity index is 1.90. The van der Waals surface area contributed by atoms with E-state index in [0.29, 0.717) is 16.4 Å². The number of aliphatic hydroxyl groups excluding tert-OH is 1. The van der Waals surface area contributed by atoms with Gasteiger partial charge in [-0.3, -0.25) is 14.5 Å². The van der Waals surface area contributed by atoms with Crippen molar-refractivity contribution in [1.82, 2.24) is 4.98 Å². The molecule has 4 rings (SSSR count). The van der Waals surface area contributed by atoms with Crippen LogP contribution in [0, 0.1) is 6.92 Å². The largest absolute Gasteiger partial charge is 0.507 e. The Morgan fingerprint density at radius 2 is 1.79 bits per heavy atom. The summed E-state index contributed by atoms with van der Waals surface area (Å²) in [7, 11) is 1.55. The van der Waals surface area contributed by atoms with Crippen molar-refractivity contribution in [1.29, 1.82) is 0 Å². The molecule has 1 fully saturated rings. The molecule has 2 aromatic carbocycles. The second-order valence-corrected chi connectivity index (χ2v) is 7.50. The molecule has 1 aromatic heterocycles. The molecule has 0 spiro atoms. The molecule has 7 heteroatoms. The van der Waals surface area contributed by atoms with Gasteiger partial charge in [0.25, 0.3) is 5.78 Å². The lowest BCUT2D eigenvalue weighted by atomic mass is 9.95. The summed E-state index contributed by atoms with van der Waals surface area (Å²) in [6, 6.07) is 13.4. The number of ether oxygens (including phenoxy) is 1. The topological polar surface area (TPSA) is 79.7 Å². The van der Waals surface area contributed by atoms with E-state index in [9.17, 15) is 14.7 Å². The number of aromatic nitrogens is 1. The van der Waals surface area contributed by atoms with Gasteiger partial charge in [0.2, 0.25) is 0 Å². The van der Waals surface area contributed by atoms with Crippen LogP contribution in [0.5, 0.6) is 5.75 Å². The van der Waals surface area contributed by atoms with Crippen LogP contribution in [0.4, 0.5) is 5.13 Å². The molecular formula is C22H18N2O4S. The summed E-state index contributed by atoms with van der Waals surface area (Å²) in [5.41, 5.74) is 2.24. The Kier molecular flexibility index (Phi) is 4.90. The van der Waals surface area contributed by atoms with Crippen LogP contribution < -0.4 is 9.64 Å². The predicted molar refractivity (Wildman–Crippen MR) is 111 cm³/mol. The molecule has 1 aliphatic rings. The first-order valence-corrected chi connectivity index (χ1v) is 9.80. The van der Waals surface area contributed by atoms with Gasteiger partial charge in [-0.1, -0.05) is 29.8 Å². The molecule has 0 aliphatic carbocycles. The van der Waals surface area contributed by atoms with Crippen LogP contribution >= 0.6 is 11.3 Å². The Morgan fingerprint density at radius 3 is 2.38 bits per heavy atom. The van der Waals surface area contributed by atoms with Gasteiger partial charge in [-0.25, -0.2) is 4.98 Å². The molecule has 1 N–H and O–H groups in total. The lowest BCUT2D eigenvalue weighted by Crippen LogP contribution is -2.29. The number of hydrogen-bond donors (Lipinski definition) is 1. The minimum atomic E-state index is -0.760. The first-order valence-electron chi connectivity index (χ1n) is 8.92. The number of rotatable bonds is 4. The molecule has 1 aliphatic heterocycles. The molecule has 6 nitrogen and oxygen atoms in total. The Hall–Kier alpha value is -3.45. The fourth-order valence-electron chi connectivity index (χ4n) is 3.33. The molecule has 2 heterocycles. The van der Waals surface area contributed by atoms with Crippen molar-refractivity contribution in [2.45, 2.75) is 13.0 Å². The Morgan fingerprint density at radius 1 is 1.10 bits per heavy atom. The molecule has 1 unspecified atom stereocenters. The lowest BCUT2D eigenvalue weighted by molar-refractivity contribution is -0.132.